The molecule has 0 aliphatic rings. The zero-order valence-corrected chi connectivity index (χ0v) is 12.5. The summed E-state index contributed by atoms with van der Waals surface area (Å²) in [6.07, 6.45) is 1.03. The molecule has 1 aromatic heterocycles. The van der Waals surface area contributed by atoms with Crippen molar-refractivity contribution in [2.75, 3.05) is 18.5 Å². The molecule has 0 atom stereocenters. The van der Waals surface area contributed by atoms with Gasteiger partial charge in [0, 0.05) is 13.2 Å². The van der Waals surface area contributed by atoms with Gasteiger partial charge in [0.15, 0.2) is 0 Å². The number of nitrogens with one attached hydrogen (secondary N) is 1. The number of pyridine rings is 1. The molecule has 0 spiro atoms. The van der Waals surface area contributed by atoms with Crippen molar-refractivity contribution >= 4 is 17.4 Å². The lowest BCUT2D eigenvalue weighted by molar-refractivity contribution is 0.0942. The zero-order chi connectivity index (χ0) is 13.6. The van der Waals surface area contributed by atoms with Crippen LogP contribution in [0.25, 0.3) is 0 Å². The minimum absolute atomic E-state index is 0.294. The summed E-state index contributed by atoms with van der Waals surface area (Å²) in [7, 11) is 0. The topological polar surface area (TPSA) is 34.1 Å². The Kier molecular flexibility index (Phi) is 5.89. The first-order valence-electron chi connectivity index (χ1n) is 6.39. The average Bonchev–Trinajstić information content (AvgIpc) is 2.27. The molecule has 0 saturated carbocycles. The molecule has 3 nitrogen and oxygen atoms in total. The predicted molar refractivity (Wildman–Crippen MR) is 77.1 cm³/mol. The highest BCUT2D eigenvalue weighted by atomic mass is 35.5. The number of aromatic nitrogens is 1. The standard InChI is InChI=1S/C14H23ClN2O/c1-5-16-13-7-6-11(15)12(17-13)10-18-9-8-14(2,3)4/h6-7H,5,8-10H2,1-4H3,(H,16,17). The molecule has 102 valence electrons. The van der Waals surface area contributed by atoms with Gasteiger partial charge in [-0.3, -0.25) is 0 Å². The van der Waals surface area contributed by atoms with Crippen LogP contribution in [0, 0.1) is 5.41 Å². The maximum atomic E-state index is 6.09. The summed E-state index contributed by atoms with van der Waals surface area (Å²) in [5.41, 5.74) is 1.09. The van der Waals surface area contributed by atoms with E-state index in [1.54, 1.807) is 0 Å². The van der Waals surface area contributed by atoms with E-state index < -0.39 is 0 Å². The number of hydrogen-bond donors (Lipinski definition) is 1. The molecule has 0 aromatic carbocycles. The Bertz CT molecular complexity index is 375. The summed E-state index contributed by atoms with van der Waals surface area (Å²) in [6, 6.07) is 3.74. The van der Waals surface area contributed by atoms with Crippen LogP contribution in [0.4, 0.5) is 5.82 Å². The first-order valence-corrected chi connectivity index (χ1v) is 6.77. The fraction of sp³-hybridized carbons (Fsp3) is 0.643. The Balaban J connectivity index is 2.48. The molecular weight excluding hydrogens is 248 g/mol. The van der Waals surface area contributed by atoms with Gasteiger partial charge in [0.25, 0.3) is 0 Å². The van der Waals surface area contributed by atoms with E-state index in [1.165, 1.54) is 0 Å². The second-order valence-electron chi connectivity index (χ2n) is 5.52. The largest absolute Gasteiger partial charge is 0.375 e. The van der Waals surface area contributed by atoms with Crippen LogP contribution in [0.2, 0.25) is 5.02 Å². The molecule has 0 unspecified atom stereocenters. The van der Waals surface area contributed by atoms with Gasteiger partial charge in [0.05, 0.1) is 17.3 Å². The fourth-order valence-electron chi connectivity index (χ4n) is 1.41. The van der Waals surface area contributed by atoms with Crippen molar-refractivity contribution in [3.05, 3.63) is 22.8 Å². The number of rotatable bonds is 6. The second-order valence-corrected chi connectivity index (χ2v) is 5.93. The van der Waals surface area contributed by atoms with Gasteiger partial charge in [-0.05, 0) is 30.9 Å². The highest BCUT2D eigenvalue weighted by molar-refractivity contribution is 6.31. The van der Waals surface area contributed by atoms with E-state index in [1.807, 2.05) is 19.1 Å². The van der Waals surface area contributed by atoms with Gasteiger partial charge < -0.3 is 10.1 Å². The van der Waals surface area contributed by atoms with Gasteiger partial charge >= 0.3 is 0 Å². The lowest BCUT2D eigenvalue weighted by Crippen LogP contribution is -2.10. The van der Waals surface area contributed by atoms with Crippen molar-refractivity contribution in [3.63, 3.8) is 0 Å². The summed E-state index contributed by atoms with van der Waals surface area (Å²) in [6.45, 7) is 10.7. The molecule has 1 aromatic rings. The Morgan fingerprint density at radius 2 is 2.06 bits per heavy atom. The van der Waals surface area contributed by atoms with Crippen molar-refractivity contribution in [3.8, 4) is 0 Å². The first kappa shape index (κ1) is 15.3. The van der Waals surface area contributed by atoms with Crippen LogP contribution in [0.3, 0.4) is 0 Å². The molecule has 1 N–H and O–H groups in total. The van der Waals surface area contributed by atoms with Crippen molar-refractivity contribution in [1.82, 2.24) is 4.98 Å². The Hall–Kier alpha value is -0.800. The molecule has 0 aliphatic carbocycles. The van der Waals surface area contributed by atoms with E-state index >= 15 is 0 Å². The van der Waals surface area contributed by atoms with Crippen LogP contribution in [-0.4, -0.2) is 18.1 Å². The summed E-state index contributed by atoms with van der Waals surface area (Å²) in [5, 5.41) is 3.82. The molecule has 0 amide bonds. The third-order valence-electron chi connectivity index (χ3n) is 2.51. The summed E-state index contributed by atoms with van der Waals surface area (Å²) in [4.78, 5) is 4.43. The monoisotopic (exact) mass is 270 g/mol. The van der Waals surface area contributed by atoms with E-state index in [4.69, 9.17) is 16.3 Å². The van der Waals surface area contributed by atoms with E-state index in [0.717, 1.165) is 31.1 Å². The maximum absolute atomic E-state index is 6.09. The highest BCUT2D eigenvalue weighted by Gasteiger charge is 2.10. The SMILES string of the molecule is CCNc1ccc(Cl)c(COCCC(C)(C)C)n1. The quantitative estimate of drug-likeness (QED) is 0.790. The first-order chi connectivity index (χ1) is 8.42. The van der Waals surface area contributed by atoms with Crippen molar-refractivity contribution in [2.24, 2.45) is 5.41 Å². The number of hydrogen-bond acceptors (Lipinski definition) is 3. The maximum Gasteiger partial charge on any atom is 0.126 e. The van der Waals surface area contributed by atoms with Gasteiger partial charge in [-0.2, -0.15) is 0 Å². The van der Waals surface area contributed by atoms with Gasteiger partial charge in [-0.15, -0.1) is 0 Å². The second kappa shape index (κ2) is 6.95. The number of anilines is 1. The van der Waals surface area contributed by atoms with E-state index in [9.17, 15) is 0 Å². The third kappa shape index (κ3) is 5.69. The molecule has 0 fully saturated rings. The molecule has 18 heavy (non-hydrogen) atoms. The van der Waals surface area contributed by atoms with Crippen LogP contribution >= 0.6 is 11.6 Å². The highest BCUT2D eigenvalue weighted by Crippen LogP contribution is 2.20. The van der Waals surface area contributed by atoms with Crippen molar-refractivity contribution < 1.29 is 4.74 Å². The minimum Gasteiger partial charge on any atom is -0.375 e. The molecule has 0 aliphatic heterocycles. The smallest absolute Gasteiger partial charge is 0.126 e. The van der Waals surface area contributed by atoms with Crippen molar-refractivity contribution in [1.29, 1.82) is 0 Å². The molecule has 0 bridgehead atoms. The van der Waals surface area contributed by atoms with Gasteiger partial charge in [0.2, 0.25) is 0 Å². The molecule has 1 rings (SSSR count). The van der Waals surface area contributed by atoms with Crippen LogP contribution in [-0.2, 0) is 11.3 Å². The summed E-state index contributed by atoms with van der Waals surface area (Å²) < 4.78 is 5.63. The van der Waals surface area contributed by atoms with Gasteiger partial charge in [0.1, 0.15) is 5.82 Å². The molecule has 0 saturated heterocycles. The molecule has 1 heterocycles. The van der Waals surface area contributed by atoms with Crippen LogP contribution in [0.5, 0.6) is 0 Å². The van der Waals surface area contributed by atoms with E-state index in [0.29, 0.717) is 17.0 Å². The number of halogens is 1. The Morgan fingerprint density at radius 3 is 2.67 bits per heavy atom. The third-order valence-corrected chi connectivity index (χ3v) is 2.86. The fourth-order valence-corrected chi connectivity index (χ4v) is 1.57. The average molecular weight is 271 g/mol. The molecule has 4 heteroatoms. The van der Waals surface area contributed by atoms with E-state index in [2.05, 4.69) is 31.1 Å². The Labute approximate surface area is 115 Å². The Morgan fingerprint density at radius 1 is 1.33 bits per heavy atom. The normalized spacial score (nSPS) is 11.6. The zero-order valence-electron chi connectivity index (χ0n) is 11.7. The summed E-state index contributed by atoms with van der Waals surface area (Å²) in [5.74, 6) is 0.844. The lowest BCUT2D eigenvalue weighted by atomic mass is 9.93. The number of ether oxygens (including phenoxy) is 1. The number of nitrogens with zero attached hydrogens (tertiary/aromatic N) is 1. The van der Waals surface area contributed by atoms with E-state index in [-0.39, 0.29) is 0 Å². The van der Waals surface area contributed by atoms with Crippen LogP contribution in [0.15, 0.2) is 12.1 Å². The molecule has 0 radical (unpaired) electrons. The van der Waals surface area contributed by atoms with Crippen LogP contribution in [0.1, 0.15) is 39.8 Å². The van der Waals surface area contributed by atoms with Gasteiger partial charge in [-0.25, -0.2) is 4.98 Å². The van der Waals surface area contributed by atoms with Crippen LogP contribution < -0.4 is 5.32 Å². The minimum atomic E-state index is 0.294. The molecular formula is C14H23ClN2O. The predicted octanol–water partition coefficient (Wildman–Crippen LogP) is 4.12. The lowest BCUT2D eigenvalue weighted by Gasteiger charge is -2.17. The van der Waals surface area contributed by atoms with Gasteiger partial charge in [-0.1, -0.05) is 32.4 Å². The van der Waals surface area contributed by atoms with Crippen molar-refractivity contribution in [2.45, 2.75) is 40.7 Å². The summed E-state index contributed by atoms with van der Waals surface area (Å²) >= 11 is 6.09.